The Morgan fingerprint density at radius 1 is 0.889 bits per heavy atom. The van der Waals surface area contributed by atoms with Gasteiger partial charge in [-0.25, -0.2) is 0 Å². The molecule has 2 unspecified atom stereocenters. The largest absolute Gasteiger partial charge is 1.00 e. The van der Waals surface area contributed by atoms with E-state index >= 15 is 0 Å². The Labute approximate surface area is 202 Å². The SMILES string of the molecule is CC(CSCCSCC(C)C(=O)[O-])C(=O)[O-].[K+].[K+]. The summed E-state index contributed by atoms with van der Waals surface area (Å²) in [6, 6.07) is 0. The third kappa shape index (κ3) is 15.3. The predicted octanol–water partition coefficient (Wildman–Crippen LogP) is -6.77. The zero-order valence-corrected chi connectivity index (χ0v) is 19.3. The summed E-state index contributed by atoms with van der Waals surface area (Å²) in [6.45, 7) is 3.24. The van der Waals surface area contributed by atoms with Crippen molar-refractivity contribution in [1.82, 2.24) is 0 Å². The average Bonchev–Trinajstić information content (AvgIpc) is 2.21. The maximum Gasteiger partial charge on any atom is 1.00 e. The molecule has 0 aliphatic carbocycles. The van der Waals surface area contributed by atoms with Crippen molar-refractivity contribution in [3.63, 3.8) is 0 Å². The number of aliphatic carboxylic acids is 2. The van der Waals surface area contributed by atoms with Gasteiger partial charge in [-0.05, 0) is 0 Å². The van der Waals surface area contributed by atoms with Crippen molar-refractivity contribution in [2.75, 3.05) is 23.0 Å². The molecule has 0 heterocycles. The summed E-state index contributed by atoms with van der Waals surface area (Å²) in [5.74, 6) is -0.187. The van der Waals surface area contributed by atoms with E-state index in [0.717, 1.165) is 11.5 Å². The molecule has 0 fully saturated rings. The molecule has 0 radical (unpaired) electrons. The second kappa shape index (κ2) is 16.3. The molecule has 2 atom stereocenters. The van der Waals surface area contributed by atoms with Crippen molar-refractivity contribution in [2.45, 2.75) is 13.8 Å². The average molecular weight is 343 g/mol. The van der Waals surface area contributed by atoms with E-state index in [2.05, 4.69) is 0 Å². The molecular formula is C10H16K2O4S2. The Morgan fingerprint density at radius 2 is 1.17 bits per heavy atom. The van der Waals surface area contributed by atoms with Gasteiger partial charge in [-0.2, -0.15) is 23.5 Å². The second-order valence-corrected chi connectivity index (χ2v) is 5.89. The van der Waals surface area contributed by atoms with Crippen LogP contribution in [-0.4, -0.2) is 35.0 Å². The number of hydrogen-bond acceptors (Lipinski definition) is 6. The molecule has 0 saturated carbocycles. The molecule has 0 saturated heterocycles. The minimum atomic E-state index is -1.02. The first-order valence-corrected chi connectivity index (χ1v) is 7.33. The van der Waals surface area contributed by atoms with Crippen LogP contribution < -0.4 is 113 Å². The van der Waals surface area contributed by atoms with Gasteiger partial charge in [-0.15, -0.1) is 0 Å². The molecule has 0 N–H and O–H groups in total. The molecule has 0 aliphatic rings. The maximum atomic E-state index is 10.4. The Bertz CT molecular complexity index is 218. The van der Waals surface area contributed by atoms with Gasteiger partial charge >= 0.3 is 103 Å². The number of carboxylic acid groups (broad SMARTS) is 2. The molecule has 0 aromatic heterocycles. The topological polar surface area (TPSA) is 80.3 Å². The standard InChI is InChI=1S/C10H18O4S2.2K/c1-7(9(11)12)5-15-3-4-16-6-8(2)10(13)14;;/h7-8H,3-6H2,1-2H3,(H,11,12)(H,13,14);;/q;2*+1/p-2. The van der Waals surface area contributed by atoms with Crippen molar-refractivity contribution < 1.29 is 123 Å². The minimum absolute atomic E-state index is 0. The first-order valence-electron chi connectivity index (χ1n) is 5.02. The van der Waals surface area contributed by atoms with E-state index in [1.54, 1.807) is 37.4 Å². The van der Waals surface area contributed by atoms with Gasteiger partial charge in [0.1, 0.15) is 0 Å². The fraction of sp³-hybridized carbons (Fsp3) is 0.800. The summed E-state index contributed by atoms with van der Waals surface area (Å²) in [5, 5.41) is 20.8. The van der Waals surface area contributed by atoms with Crippen molar-refractivity contribution in [3.8, 4) is 0 Å². The van der Waals surface area contributed by atoms with Gasteiger partial charge in [0, 0.05) is 46.8 Å². The van der Waals surface area contributed by atoms with Crippen LogP contribution in [0.25, 0.3) is 0 Å². The second-order valence-electron chi connectivity index (χ2n) is 3.59. The third-order valence-corrected chi connectivity index (χ3v) is 4.63. The molecule has 0 amide bonds. The zero-order chi connectivity index (χ0) is 12.6. The molecule has 94 valence electrons. The fourth-order valence-electron chi connectivity index (χ4n) is 0.774. The maximum absolute atomic E-state index is 10.4. The Hall–Kier alpha value is 2.91. The zero-order valence-electron chi connectivity index (χ0n) is 11.4. The van der Waals surface area contributed by atoms with Gasteiger partial charge in [0.2, 0.25) is 0 Å². The Morgan fingerprint density at radius 3 is 1.39 bits per heavy atom. The number of thioether (sulfide) groups is 2. The third-order valence-electron chi connectivity index (χ3n) is 1.91. The van der Waals surface area contributed by atoms with E-state index < -0.39 is 23.8 Å². The van der Waals surface area contributed by atoms with Crippen LogP contribution >= 0.6 is 23.5 Å². The Balaban J connectivity index is -0.00000112. The Kier molecular flexibility index (Phi) is 23.4. The number of hydrogen-bond donors (Lipinski definition) is 0. The number of carbonyl (C=O) groups excluding carboxylic acids is 2. The summed E-state index contributed by atoms with van der Waals surface area (Å²) in [6.07, 6.45) is 0. The van der Waals surface area contributed by atoms with Gasteiger partial charge in [0.25, 0.3) is 0 Å². The predicted molar refractivity (Wildman–Crippen MR) is 63.0 cm³/mol. The van der Waals surface area contributed by atoms with E-state index in [0.29, 0.717) is 11.5 Å². The number of carbonyl (C=O) groups is 2. The van der Waals surface area contributed by atoms with Gasteiger partial charge in [-0.3, -0.25) is 0 Å². The van der Waals surface area contributed by atoms with Crippen LogP contribution in [-0.2, 0) is 9.59 Å². The first-order chi connectivity index (χ1) is 7.45. The fourth-order valence-corrected chi connectivity index (χ4v) is 3.03. The normalized spacial score (nSPS) is 12.8. The smallest absolute Gasteiger partial charge is 0.550 e. The molecule has 0 aromatic rings. The number of carboxylic acids is 2. The van der Waals surface area contributed by atoms with E-state index in [9.17, 15) is 19.8 Å². The minimum Gasteiger partial charge on any atom is -0.550 e. The molecule has 0 spiro atoms. The molecular weight excluding hydrogens is 326 g/mol. The van der Waals surface area contributed by atoms with Crippen LogP contribution in [0.3, 0.4) is 0 Å². The van der Waals surface area contributed by atoms with Crippen LogP contribution in [0.4, 0.5) is 0 Å². The molecule has 8 heteroatoms. The quantitative estimate of drug-likeness (QED) is 0.306. The van der Waals surface area contributed by atoms with E-state index in [-0.39, 0.29) is 103 Å². The summed E-state index contributed by atoms with van der Waals surface area (Å²) in [5.41, 5.74) is 0. The van der Waals surface area contributed by atoms with Crippen molar-refractivity contribution in [2.24, 2.45) is 11.8 Å². The monoisotopic (exact) mass is 342 g/mol. The van der Waals surface area contributed by atoms with E-state index in [1.165, 1.54) is 0 Å². The molecule has 0 rings (SSSR count). The molecule has 0 aliphatic heterocycles. The van der Waals surface area contributed by atoms with Crippen LogP contribution in [0.15, 0.2) is 0 Å². The van der Waals surface area contributed by atoms with Crippen molar-refractivity contribution >= 4 is 35.5 Å². The summed E-state index contributed by atoms with van der Waals surface area (Å²) >= 11 is 3.09. The van der Waals surface area contributed by atoms with E-state index in [1.807, 2.05) is 0 Å². The van der Waals surface area contributed by atoms with Gasteiger partial charge < -0.3 is 19.8 Å². The summed E-state index contributed by atoms with van der Waals surface area (Å²) in [7, 11) is 0. The van der Waals surface area contributed by atoms with Crippen LogP contribution in [0.2, 0.25) is 0 Å². The van der Waals surface area contributed by atoms with Crippen LogP contribution in [0.5, 0.6) is 0 Å². The molecule has 0 aromatic carbocycles. The number of rotatable bonds is 9. The van der Waals surface area contributed by atoms with Gasteiger partial charge in [0.05, 0.1) is 0 Å². The van der Waals surface area contributed by atoms with Crippen LogP contribution in [0.1, 0.15) is 13.8 Å². The van der Waals surface area contributed by atoms with Gasteiger partial charge in [-0.1, -0.05) is 13.8 Å². The summed E-state index contributed by atoms with van der Waals surface area (Å²) < 4.78 is 0. The van der Waals surface area contributed by atoms with Crippen LogP contribution in [0, 0.1) is 11.8 Å². The molecule has 0 bridgehead atoms. The molecule has 4 nitrogen and oxygen atoms in total. The van der Waals surface area contributed by atoms with Crippen molar-refractivity contribution in [1.29, 1.82) is 0 Å². The first kappa shape index (κ1) is 25.8. The van der Waals surface area contributed by atoms with E-state index in [4.69, 9.17) is 0 Å². The molecule has 18 heavy (non-hydrogen) atoms. The summed E-state index contributed by atoms with van der Waals surface area (Å²) in [4.78, 5) is 20.8. The van der Waals surface area contributed by atoms with Gasteiger partial charge in [0.15, 0.2) is 0 Å². The van der Waals surface area contributed by atoms with Crippen molar-refractivity contribution in [3.05, 3.63) is 0 Å².